The van der Waals surface area contributed by atoms with Crippen molar-refractivity contribution in [1.82, 2.24) is 15.0 Å². The van der Waals surface area contributed by atoms with Gasteiger partial charge in [0.25, 0.3) is 5.91 Å². The second-order valence-corrected chi connectivity index (χ2v) is 7.81. The first-order chi connectivity index (χ1) is 17.3. The predicted molar refractivity (Wildman–Crippen MR) is 132 cm³/mol. The molecule has 0 fully saturated rings. The molecule has 0 aliphatic heterocycles. The summed E-state index contributed by atoms with van der Waals surface area (Å²) in [5.41, 5.74) is 0.926. The fraction of sp³-hybridized carbons (Fsp3) is 0.167. The predicted octanol–water partition coefficient (Wildman–Crippen LogP) is 5.18. The van der Waals surface area contributed by atoms with Gasteiger partial charge in [0.1, 0.15) is 11.5 Å². The number of benzene rings is 2. The Balaban J connectivity index is 1.40. The minimum Gasteiger partial charge on any atom is -0.481 e. The maximum absolute atomic E-state index is 12.6. The van der Waals surface area contributed by atoms with Gasteiger partial charge in [-0.1, -0.05) is 11.6 Å². The average Bonchev–Trinajstić information content (AvgIpc) is 2.85. The summed E-state index contributed by atoms with van der Waals surface area (Å²) in [5.74, 6) is 0.474. The van der Waals surface area contributed by atoms with E-state index in [2.05, 4.69) is 20.3 Å². The number of fused-ring (bicyclic) bond motifs is 1. The van der Waals surface area contributed by atoms with Crippen LogP contribution in [0.15, 0.2) is 60.8 Å². The number of aromatic nitrogens is 3. The highest BCUT2D eigenvalue weighted by molar-refractivity contribution is 6.31. The summed E-state index contributed by atoms with van der Waals surface area (Å²) >= 11 is 5.97. The van der Waals surface area contributed by atoms with Crippen LogP contribution in [0, 0.1) is 10.1 Å². The minimum absolute atomic E-state index is 0.155. The Kier molecular flexibility index (Phi) is 7.40. The third kappa shape index (κ3) is 5.94. The lowest BCUT2D eigenvalue weighted by Gasteiger charge is -2.15. The Labute approximate surface area is 210 Å². The first kappa shape index (κ1) is 24.6. The zero-order valence-electron chi connectivity index (χ0n) is 19.2. The molecular weight excluding hydrogens is 490 g/mol. The summed E-state index contributed by atoms with van der Waals surface area (Å²) in [5, 5.41) is 14.3. The smallest absolute Gasteiger partial charge is 0.312 e. The third-order valence-corrected chi connectivity index (χ3v) is 5.02. The molecule has 2 aromatic carbocycles. The van der Waals surface area contributed by atoms with Gasteiger partial charge in [0.2, 0.25) is 17.6 Å². The summed E-state index contributed by atoms with van der Waals surface area (Å²) in [6.45, 7) is 3.58. The van der Waals surface area contributed by atoms with E-state index >= 15 is 0 Å². The number of ether oxygens (including phenoxy) is 3. The number of nitrogens with zero attached hydrogens (tertiary/aromatic N) is 4. The van der Waals surface area contributed by atoms with Gasteiger partial charge < -0.3 is 19.5 Å². The van der Waals surface area contributed by atoms with Crippen molar-refractivity contribution in [1.29, 1.82) is 0 Å². The molecule has 0 aliphatic carbocycles. The van der Waals surface area contributed by atoms with E-state index in [1.165, 1.54) is 25.3 Å². The standard InChI is InChI=1S/C24H20ClN5O6/c1-3-34-21-11-10-20(30(32)33)23(28-21)29-24(31)14(2)35-16-5-7-17(8-6-16)36-22-13-26-19-12-15(25)4-9-18(19)27-22/h4-14H,3H2,1-2H3,(H,28,29,31). The highest BCUT2D eigenvalue weighted by Crippen LogP contribution is 2.27. The summed E-state index contributed by atoms with van der Waals surface area (Å²) in [7, 11) is 0. The Morgan fingerprint density at radius 1 is 1.06 bits per heavy atom. The van der Waals surface area contributed by atoms with Crippen LogP contribution in [0.2, 0.25) is 5.02 Å². The number of halogens is 1. The molecule has 4 aromatic rings. The van der Waals surface area contributed by atoms with Gasteiger partial charge in [0.05, 0.1) is 28.8 Å². The maximum Gasteiger partial charge on any atom is 0.312 e. The van der Waals surface area contributed by atoms with Gasteiger partial charge in [0.15, 0.2) is 6.10 Å². The van der Waals surface area contributed by atoms with E-state index in [1.807, 2.05) is 0 Å². The van der Waals surface area contributed by atoms with Crippen molar-refractivity contribution < 1.29 is 23.9 Å². The molecule has 12 heteroatoms. The molecule has 11 nitrogen and oxygen atoms in total. The van der Waals surface area contributed by atoms with Crippen LogP contribution < -0.4 is 19.5 Å². The van der Waals surface area contributed by atoms with Crippen LogP contribution >= 0.6 is 11.6 Å². The van der Waals surface area contributed by atoms with Gasteiger partial charge in [-0.25, -0.2) is 9.97 Å². The van der Waals surface area contributed by atoms with Crippen molar-refractivity contribution in [2.24, 2.45) is 0 Å². The molecule has 2 heterocycles. The van der Waals surface area contributed by atoms with Crippen LogP contribution in [0.5, 0.6) is 23.3 Å². The van der Waals surface area contributed by atoms with Crippen LogP contribution in [-0.2, 0) is 4.79 Å². The van der Waals surface area contributed by atoms with Crippen molar-refractivity contribution >= 4 is 40.0 Å². The van der Waals surface area contributed by atoms with Crippen molar-refractivity contribution in [3.63, 3.8) is 0 Å². The number of carbonyl (C=O) groups excluding carboxylic acids is 1. The zero-order valence-corrected chi connectivity index (χ0v) is 19.9. The molecule has 0 saturated carbocycles. The molecule has 1 atom stereocenters. The van der Waals surface area contributed by atoms with E-state index in [1.54, 1.807) is 49.4 Å². The zero-order chi connectivity index (χ0) is 25.7. The Bertz CT molecular complexity index is 1420. The lowest BCUT2D eigenvalue weighted by molar-refractivity contribution is -0.384. The molecular formula is C24H20ClN5O6. The normalized spacial score (nSPS) is 11.5. The van der Waals surface area contributed by atoms with Crippen LogP contribution in [-0.4, -0.2) is 38.5 Å². The molecule has 0 spiro atoms. The van der Waals surface area contributed by atoms with E-state index in [4.69, 9.17) is 25.8 Å². The van der Waals surface area contributed by atoms with Gasteiger partial charge in [-0.2, -0.15) is 4.98 Å². The molecule has 1 unspecified atom stereocenters. The number of carbonyl (C=O) groups is 1. The molecule has 1 amide bonds. The summed E-state index contributed by atoms with van der Waals surface area (Å²) in [4.78, 5) is 35.9. The molecule has 2 aromatic heterocycles. The Morgan fingerprint density at radius 2 is 1.81 bits per heavy atom. The minimum atomic E-state index is -0.980. The average molecular weight is 510 g/mol. The topological polar surface area (TPSA) is 139 Å². The number of pyridine rings is 1. The van der Waals surface area contributed by atoms with E-state index in [0.29, 0.717) is 40.0 Å². The largest absolute Gasteiger partial charge is 0.481 e. The SMILES string of the molecule is CCOc1ccc([N+](=O)[O-])c(NC(=O)C(C)Oc2ccc(Oc3cnc4cc(Cl)ccc4n3)cc2)n1. The molecule has 184 valence electrons. The van der Waals surface area contributed by atoms with Crippen molar-refractivity contribution in [3.8, 4) is 23.3 Å². The molecule has 36 heavy (non-hydrogen) atoms. The van der Waals surface area contributed by atoms with Crippen molar-refractivity contribution in [2.45, 2.75) is 20.0 Å². The van der Waals surface area contributed by atoms with Crippen molar-refractivity contribution in [2.75, 3.05) is 11.9 Å². The second-order valence-electron chi connectivity index (χ2n) is 7.37. The first-order valence-corrected chi connectivity index (χ1v) is 11.2. The van der Waals surface area contributed by atoms with E-state index < -0.39 is 16.9 Å². The first-order valence-electron chi connectivity index (χ1n) is 10.8. The maximum atomic E-state index is 12.6. The molecule has 0 aliphatic rings. The van der Waals surface area contributed by atoms with Gasteiger partial charge >= 0.3 is 5.69 Å². The fourth-order valence-electron chi connectivity index (χ4n) is 3.10. The van der Waals surface area contributed by atoms with Gasteiger partial charge in [-0.05, 0) is 56.3 Å². The number of rotatable bonds is 9. The van der Waals surface area contributed by atoms with Gasteiger partial charge in [-0.15, -0.1) is 0 Å². The quantitative estimate of drug-likeness (QED) is 0.238. The van der Waals surface area contributed by atoms with Crippen LogP contribution in [0.4, 0.5) is 11.5 Å². The van der Waals surface area contributed by atoms with Crippen LogP contribution in [0.3, 0.4) is 0 Å². The van der Waals surface area contributed by atoms with Crippen molar-refractivity contribution in [3.05, 3.63) is 75.9 Å². The van der Waals surface area contributed by atoms with Gasteiger partial charge in [0, 0.05) is 17.2 Å². The van der Waals surface area contributed by atoms with Gasteiger partial charge in [-0.3, -0.25) is 14.9 Å². The number of amides is 1. The number of hydrogen-bond donors (Lipinski definition) is 1. The molecule has 4 rings (SSSR count). The molecule has 0 saturated heterocycles. The summed E-state index contributed by atoms with van der Waals surface area (Å²) in [6.07, 6.45) is 0.510. The summed E-state index contributed by atoms with van der Waals surface area (Å²) in [6, 6.07) is 14.3. The molecule has 0 radical (unpaired) electrons. The number of nitro groups is 1. The highest BCUT2D eigenvalue weighted by atomic mass is 35.5. The number of anilines is 1. The monoisotopic (exact) mass is 509 g/mol. The highest BCUT2D eigenvalue weighted by Gasteiger charge is 2.22. The number of hydrogen-bond acceptors (Lipinski definition) is 9. The van der Waals surface area contributed by atoms with Crippen LogP contribution in [0.1, 0.15) is 13.8 Å². The molecule has 1 N–H and O–H groups in total. The Hall–Kier alpha value is -4.51. The van der Waals surface area contributed by atoms with Crippen LogP contribution in [0.25, 0.3) is 11.0 Å². The molecule has 0 bridgehead atoms. The second kappa shape index (κ2) is 10.8. The van der Waals surface area contributed by atoms with E-state index in [9.17, 15) is 14.9 Å². The van der Waals surface area contributed by atoms with E-state index in [0.717, 1.165) is 0 Å². The third-order valence-electron chi connectivity index (χ3n) is 4.79. The Morgan fingerprint density at radius 3 is 2.53 bits per heavy atom. The summed E-state index contributed by atoms with van der Waals surface area (Å²) < 4.78 is 16.7. The fourth-order valence-corrected chi connectivity index (χ4v) is 3.27. The lowest BCUT2D eigenvalue weighted by atomic mass is 10.3. The lowest BCUT2D eigenvalue weighted by Crippen LogP contribution is -2.30. The number of nitrogens with one attached hydrogen (secondary N) is 1. The van der Waals surface area contributed by atoms with E-state index in [-0.39, 0.29) is 17.4 Å².